The van der Waals surface area contributed by atoms with Crippen molar-refractivity contribution in [3.05, 3.63) is 35.8 Å². The van der Waals surface area contributed by atoms with Crippen molar-refractivity contribution in [3.63, 3.8) is 0 Å². The highest BCUT2D eigenvalue weighted by Crippen LogP contribution is 2.48. The minimum atomic E-state index is 0.0487. The highest BCUT2D eigenvalue weighted by Gasteiger charge is 2.47. The molecule has 0 radical (unpaired) electrons. The van der Waals surface area contributed by atoms with Crippen molar-refractivity contribution < 1.29 is 4.79 Å². The largest absolute Gasteiger partial charge is 0.293 e. The molecular weight excluding hydrogens is 254 g/mol. The van der Waals surface area contributed by atoms with Gasteiger partial charge in [-0.2, -0.15) is 10.3 Å². The second-order valence-electron chi connectivity index (χ2n) is 5.39. The lowest BCUT2D eigenvalue weighted by Crippen LogP contribution is -2.37. The van der Waals surface area contributed by atoms with Crippen molar-refractivity contribution in [3.8, 4) is 0 Å². The number of pyridine rings is 1. The zero-order valence-electron chi connectivity index (χ0n) is 11.0. The van der Waals surface area contributed by atoms with Crippen LogP contribution in [0.5, 0.6) is 0 Å². The second kappa shape index (κ2) is 4.40. The van der Waals surface area contributed by atoms with Gasteiger partial charge in [-0.05, 0) is 31.4 Å². The Kier molecular flexibility index (Phi) is 2.55. The molecule has 6 heteroatoms. The first-order chi connectivity index (χ1) is 9.84. The van der Waals surface area contributed by atoms with Crippen molar-refractivity contribution >= 4 is 11.7 Å². The number of carbonyl (C=O) groups is 1. The van der Waals surface area contributed by atoms with Gasteiger partial charge in [-0.25, -0.2) is 0 Å². The Morgan fingerprint density at radius 3 is 3.15 bits per heavy atom. The molecule has 2 aliphatic rings. The van der Waals surface area contributed by atoms with Crippen molar-refractivity contribution in [1.82, 2.24) is 20.4 Å². The van der Waals surface area contributed by atoms with E-state index in [1.54, 1.807) is 11.1 Å². The summed E-state index contributed by atoms with van der Waals surface area (Å²) in [6.07, 6.45) is 4.52. The molecule has 0 saturated heterocycles. The minimum Gasteiger partial charge on any atom is -0.293 e. The number of fused-ring (bicyclic) bond motifs is 1. The number of H-pyrrole nitrogens is 1. The van der Waals surface area contributed by atoms with Crippen LogP contribution in [-0.4, -0.2) is 32.8 Å². The number of aryl methyl sites for hydroxylation is 1. The van der Waals surface area contributed by atoms with Crippen LogP contribution < -0.4 is 4.90 Å². The molecule has 2 aromatic rings. The van der Waals surface area contributed by atoms with Crippen LogP contribution in [0.15, 0.2) is 24.4 Å². The van der Waals surface area contributed by atoms with E-state index in [-0.39, 0.29) is 17.7 Å². The number of amides is 1. The molecule has 4 rings (SSSR count). The van der Waals surface area contributed by atoms with Crippen LogP contribution in [0.4, 0.5) is 5.82 Å². The number of hydrogen-bond acceptors (Lipinski definition) is 4. The van der Waals surface area contributed by atoms with E-state index in [1.165, 1.54) is 0 Å². The van der Waals surface area contributed by atoms with Gasteiger partial charge in [-0.1, -0.05) is 6.07 Å². The molecule has 1 aliphatic heterocycles. The van der Waals surface area contributed by atoms with Crippen LogP contribution >= 0.6 is 0 Å². The van der Waals surface area contributed by atoms with Crippen molar-refractivity contribution in [2.24, 2.45) is 5.92 Å². The summed E-state index contributed by atoms with van der Waals surface area (Å²) in [5, 5.41) is 10.8. The molecule has 6 nitrogen and oxygen atoms in total. The van der Waals surface area contributed by atoms with E-state index < -0.39 is 0 Å². The number of aromatic nitrogens is 4. The number of anilines is 1. The van der Waals surface area contributed by atoms with Gasteiger partial charge in [0.2, 0.25) is 5.91 Å². The maximum absolute atomic E-state index is 12.6. The topological polar surface area (TPSA) is 74.8 Å². The van der Waals surface area contributed by atoms with Crippen LogP contribution in [0.2, 0.25) is 0 Å². The fourth-order valence-corrected chi connectivity index (χ4v) is 2.95. The fraction of sp³-hybridized carbons (Fsp3) is 0.429. The SMILES string of the molecule is O=C([C@@H]1C[C@H]1c1ccccn1)N1CCCc2n[nH]nc21. The van der Waals surface area contributed by atoms with Gasteiger partial charge in [0.25, 0.3) is 0 Å². The minimum absolute atomic E-state index is 0.0487. The second-order valence-corrected chi connectivity index (χ2v) is 5.39. The van der Waals surface area contributed by atoms with Crippen LogP contribution in [0, 0.1) is 5.92 Å². The predicted octanol–water partition coefficient (Wildman–Crippen LogP) is 1.28. The smallest absolute Gasteiger partial charge is 0.232 e. The van der Waals surface area contributed by atoms with E-state index in [9.17, 15) is 4.79 Å². The summed E-state index contributed by atoms with van der Waals surface area (Å²) < 4.78 is 0. The highest BCUT2D eigenvalue weighted by molar-refractivity contribution is 5.97. The average Bonchev–Trinajstić information content (AvgIpc) is 3.16. The number of hydrogen-bond donors (Lipinski definition) is 1. The van der Waals surface area contributed by atoms with E-state index in [2.05, 4.69) is 20.4 Å². The third kappa shape index (κ3) is 1.79. The molecule has 102 valence electrons. The monoisotopic (exact) mass is 269 g/mol. The van der Waals surface area contributed by atoms with E-state index >= 15 is 0 Å². The summed E-state index contributed by atoms with van der Waals surface area (Å²) in [4.78, 5) is 18.8. The average molecular weight is 269 g/mol. The van der Waals surface area contributed by atoms with Crippen molar-refractivity contribution in [1.29, 1.82) is 0 Å². The highest BCUT2D eigenvalue weighted by atomic mass is 16.2. The van der Waals surface area contributed by atoms with E-state index in [0.29, 0.717) is 5.82 Å². The van der Waals surface area contributed by atoms with Gasteiger partial charge >= 0.3 is 0 Å². The van der Waals surface area contributed by atoms with Gasteiger partial charge in [-0.15, -0.1) is 5.10 Å². The van der Waals surface area contributed by atoms with Crippen molar-refractivity contribution in [2.75, 3.05) is 11.4 Å². The Morgan fingerprint density at radius 1 is 1.35 bits per heavy atom. The number of nitrogens with zero attached hydrogens (tertiary/aromatic N) is 4. The van der Waals surface area contributed by atoms with E-state index in [0.717, 1.165) is 37.2 Å². The Balaban J connectivity index is 1.53. The molecule has 0 bridgehead atoms. The Bertz CT molecular complexity index is 638. The molecule has 20 heavy (non-hydrogen) atoms. The lowest BCUT2D eigenvalue weighted by Gasteiger charge is -2.24. The van der Waals surface area contributed by atoms with Crippen LogP contribution in [0.1, 0.15) is 30.1 Å². The number of carbonyl (C=O) groups excluding carboxylic acids is 1. The molecule has 1 amide bonds. The number of nitrogens with one attached hydrogen (secondary N) is 1. The fourth-order valence-electron chi connectivity index (χ4n) is 2.95. The summed E-state index contributed by atoms with van der Waals surface area (Å²) in [5.41, 5.74) is 1.92. The Morgan fingerprint density at radius 2 is 2.30 bits per heavy atom. The van der Waals surface area contributed by atoms with Gasteiger partial charge in [0.15, 0.2) is 5.82 Å². The van der Waals surface area contributed by atoms with E-state index in [1.807, 2.05) is 18.2 Å². The first-order valence-electron chi connectivity index (χ1n) is 6.96. The summed E-state index contributed by atoms with van der Waals surface area (Å²) in [5.74, 6) is 1.19. The van der Waals surface area contributed by atoms with Gasteiger partial charge < -0.3 is 0 Å². The maximum atomic E-state index is 12.6. The first-order valence-corrected chi connectivity index (χ1v) is 6.96. The van der Waals surface area contributed by atoms with Crippen molar-refractivity contribution in [2.45, 2.75) is 25.2 Å². The standard InChI is InChI=1S/C14H15N5O/c20-14(10-8-9(10)11-4-1-2-6-15-11)19-7-3-5-12-13(19)17-18-16-12/h1-2,4,6,9-10H,3,5,7-8H2,(H,16,17,18)/t9-,10-/m1/s1. The van der Waals surface area contributed by atoms with Gasteiger partial charge in [0.1, 0.15) is 5.69 Å². The predicted molar refractivity (Wildman–Crippen MR) is 72.1 cm³/mol. The Labute approximate surface area is 116 Å². The van der Waals surface area contributed by atoms with Gasteiger partial charge in [0, 0.05) is 30.3 Å². The molecule has 1 saturated carbocycles. The van der Waals surface area contributed by atoms with E-state index in [4.69, 9.17) is 0 Å². The molecule has 1 aliphatic carbocycles. The molecule has 1 N–H and O–H groups in total. The number of rotatable bonds is 2. The maximum Gasteiger partial charge on any atom is 0.232 e. The van der Waals surface area contributed by atoms with Crippen LogP contribution in [0.25, 0.3) is 0 Å². The molecule has 1 fully saturated rings. The molecule has 2 atom stereocenters. The lowest BCUT2D eigenvalue weighted by molar-refractivity contribution is -0.120. The zero-order chi connectivity index (χ0) is 13.5. The zero-order valence-corrected chi connectivity index (χ0v) is 11.0. The molecule has 0 spiro atoms. The third-order valence-corrected chi connectivity index (χ3v) is 4.09. The summed E-state index contributed by atoms with van der Waals surface area (Å²) in [6, 6.07) is 5.86. The molecule has 3 heterocycles. The lowest BCUT2D eigenvalue weighted by atomic mass is 10.1. The molecule has 0 aromatic carbocycles. The summed E-state index contributed by atoms with van der Waals surface area (Å²) in [7, 11) is 0. The quantitative estimate of drug-likeness (QED) is 0.891. The van der Waals surface area contributed by atoms with Gasteiger partial charge in [0.05, 0.1) is 0 Å². The number of aromatic amines is 1. The normalized spacial score (nSPS) is 24.3. The molecular formula is C14H15N5O. The summed E-state index contributed by atoms with van der Waals surface area (Å²) in [6.45, 7) is 0.740. The Hall–Kier alpha value is -2.24. The third-order valence-electron chi connectivity index (χ3n) is 4.09. The van der Waals surface area contributed by atoms with Crippen LogP contribution in [-0.2, 0) is 11.2 Å². The van der Waals surface area contributed by atoms with Crippen LogP contribution in [0.3, 0.4) is 0 Å². The van der Waals surface area contributed by atoms with Gasteiger partial charge in [-0.3, -0.25) is 14.7 Å². The molecule has 2 aromatic heterocycles. The first kappa shape index (κ1) is 11.6. The summed E-state index contributed by atoms with van der Waals surface area (Å²) >= 11 is 0. The molecule has 0 unspecified atom stereocenters.